The van der Waals surface area contributed by atoms with Crippen molar-refractivity contribution in [3.63, 3.8) is 0 Å². The Bertz CT molecular complexity index is 757. The number of hydrogen-bond acceptors (Lipinski definition) is 3. The predicted octanol–water partition coefficient (Wildman–Crippen LogP) is 3.16. The fraction of sp³-hybridized carbons (Fsp3) is 0.545. The van der Waals surface area contributed by atoms with Gasteiger partial charge in [-0.25, -0.2) is 4.98 Å². The topological polar surface area (TPSA) is 52.2 Å². The zero-order chi connectivity index (χ0) is 18.6. The maximum Gasteiger partial charge on any atom is 0.222 e. The largest absolute Gasteiger partial charge is 0.348 e. The Kier molecular flexibility index (Phi) is 5.58. The van der Waals surface area contributed by atoms with Crippen molar-refractivity contribution in [3.8, 4) is 0 Å². The third kappa shape index (κ3) is 4.41. The summed E-state index contributed by atoms with van der Waals surface area (Å²) in [4.78, 5) is 25.2. The maximum atomic E-state index is 12.9. The molecule has 3 saturated heterocycles. The third-order valence-corrected chi connectivity index (χ3v) is 6.12. The van der Waals surface area contributed by atoms with E-state index in [1.165, 1.54) is 12.0 Å². The molecule has 4 heterocycles. The van der Waals surface area contributed by atoms with E-state index in [9.17, 15) is 4.79 Å². The lowest BCUT2D eigenvalue weighted by Gasteiger charge is -2.36. The predicted molar refractivity (Wildman–Crippen MR) is 106 cm³/mol. The van der Waals surface area contributed by atoms with E-state index in [4.69, 9.17) is 0 Å². The first-order valence-corrected chi connectivity index (χ1v) is 10.2. The molecule has 1 N–H and O–H groups in total. The molecule has 5 rings (SSSR count). The molecule has 0 saturated carbocycles. The maximum absolute atomic E-state index is 12.9. The molecule has 0 aliphatic carbocycles. The summed E-state index contributed by atoms with van der Waals surface area (Å²) in [7, 11) is 0. The van der Waals surface area contributed by atoms with Crippen LogP contribution in [0.3, 0.4) is 0 Å². The van der Waals surface area contributed by atoms with Crippen molar-refractivity contribution in [3.05, 3.63) is 53.6 Å². The number of aromatic nitrogens is 2. The van der Waals surface area contributed by atoms with Gasteiger partial charge in [-0.3, -0.25) is 9.69 Å². The van der Waals surface area contributed by atoms with Crippen molar-refractivity contribution >= 4 is 5.91 Å². The second kappa shape index (κ2) is 8.26. The number of benzene rings is 1. The molecule has 27 heavy (non-hydrogen) atoms. The van der Waals surface area contributed by atoms with Gasteiger partial charge < -0.3 is 9.88 Å². The van der Waals surface area contributed by atoms with Crippen LogP contribution in [0.15, 0.2) is 36.7 Å². The Morgan fingerprint density at radius 3 is 2.81 bits per heavy atom. The Morgan fingerprint density at radius 2 is 2.04 bits per heavy atom. The highest BCUT2D eigenvalue weighted by molar-refractivity contribution is 5.76. The Labute approximate surface area is 161 Å². The number of nitrogens with one attached hydrogen (secondary N) is 1. The average molecular weight is 367 g/mol. The van der Waals surface area contributed by atoms with Crippen molar-refractivity contribution in [1.82, 2.24) is 19.8 Å². The van der Waals surface area contributed by atoms with Crippen LogP contribution in [0.4, 0.5) is 0 Å². The first-order chi connectivity index (χ1) is 13.2. The summed E-state index contributed by atoms with van der Waals surface area (Å²) in [6.07, 6.45) is 6.75. The van der Waals surface area contributed by atoms with Gasteiger partial charge in [0.15, 0.2) is 0 Å². The van der Waals surface area contributed by atoms with E-state index in [0.717, 1.165) is 56.8 Å². The highest BCUT2D eigenvalue weighted by atomic mass is 16.2. The van der Waals surface area contributed by atoms with Crippen LogP contribution >= 0.6 is 0 Å². The van der Waals surface area contributed by atoms with Gasteiger partial charge in [0.25, 0.3) is 0 Å². The second-order valence-electron chi connectivity index (χ2n) is 8.15. The van der Waals surface area contributed by atoms with E-state index in [1.807, 2.05) is 6.07 Å². The average Bonchev–Trinajstić information content (AvgIpc) is 2.89. The van der Waals surface area contributed by atoms with Gasteiger partial charge in [0, 0.05) is 44.3 Å². The molecule has 3 fully saturated rings. The van der Waals surface area contributed by atoms with E-state index in [2.05, 4.69) is 51.0 Å². The van der Waals surface area contributed by atoms with E-state index in [0.29, 0.717) is 24.3 Å². The van der Waals surface area contributed by atoms with Gasteiger partial charge in [-0.15, -0.1) is 0 Å². The molecule has 2 atom stereocenters. The molecule has 3 aliphatic rings. The molecule has 0 spiro atoms. The van der Waals surface area contributed by atoms with Crippen LogP contribution in [0.5, 0.6) is 0 Å². The second-order valence-corrected chi connectivity index (χ2v) is 8.15. The quantitative estimate of drug-likeness (QED) is 0.854. The molecule has 0 unspecified atom stereocenters. The minimum Gasteiger partial charge on any atom is -0.348 e. The van der Waals surface area contributed by atoms with Crippen molar-refractivity contribution < 1.29 is 4.79 Å². The summed E-state index contributed by atoms with van der Waals surface area (Å²) < 4.78 is 0. The lowest BCUT2D eigenvalue weighted by atomic mass is 9.94. The Hall–Kier alpha value is -2.14. The Balaban J connectivity index is 1.33. The lowest BCUT2D eigenvalue weighted by Crippen LogP contribution is -2.47. The third-order valence-electron chi connectivity index (χ3n) is 6.12. The van der Waals surface area contributed by atoms with Crippen LogP contribution < -0.4 is 0 Å². The van der Waals surface area contributed by atoms with Crippen LogP contribution in [-0.4, -0.2) is 51.4 Å². The number of nitrogens with zero attached hydrogens (tertiary/aromatic N) is 3. The van der Waals surface area contributed by atoms with E-state index in [-0.39, 0.29) is 0 Å². The molecule has 3 aliphatic heterocycles. The summed E-state index contributed by atoms with van der Waals surface area (Å²) in [5, 5.41) is 0. The number of H-pyrrole nitrogens is 1. The van der Waals surface area contributed by atoms with E-state index < -0.39 is 0 Å². The number of aromatic amines is 1. The van der Waals surface area contributed by atoms with Gasteiger partial charge in [-0.1, -0.05) is 30.3 Å². The summed E-state index contributed by atoms with van der Waals surface area (Å²) in [6.45, 7) is 5.96. The first-order valence-electron chi connectivity index (χ1n) is 10.2. The molecule has 1 amide bonds. The lowest BCUT2D eigenvalue weighted by molar-refractivity contribution is -0.135. The van der Waals surface area contributed by atoms with E-state index in [1.54, 1.807) is 6.33 Å². The minimum atomic E-state index is 0.346. The molecular formula is C22H30N4O. The molecule has 2 bridgehead atoms. The molecule has 144 valence electrons. The van der Waals surface area contributed by atoms with Crippen molar-refractivity contribution in [2.24, 2.45) is 5.92 Å². The van der Waals surface area contributed by atoms with Gasteiger partial charge in [0.05, 0.1) is 12.0 Å². The summed E-state index contributed by atoms with van der Waals surface area (Å²) in [5.41, 5.74) is 3.61. The van der Waals surface area contributed by atoms with Crippen LogP contribution in [0, 0.1) is 12.8 Å². The zero-order valence-electron chi connectivity index (χ0n) is 16.2. The van der Waals surface area contributed by atoms with Crippen LogP contribution in [0.1, 0.15) is 42.6 Å². The fourth-order valence-corrected chi connectivity index (χ4v) is 4.60. The van der Waals surface area contributed by atoms with Crippen LogP contribution in [0.25, 0.3) is 0 Å². The normalized spacial score (nSPS) is 22.8. The standard InChI is InChI=1S/C22H30N4O/c1-17-21(24-16-23-17)15-25-12-19-10-11-20(14-25)26(13-19)22(27)9-5-8-18-6-3-2-4-7-18/h2-4,6-7,16,19-20H,5,8-15H2,1H3,(H,23,24)/t19-,20+/m1/s1. The number of piperidine rings is 1. The number of fused-ring (bicyclic) bond motifs is 4. The van der Waals surface area contributed by atoms with E-state index >= 15 is 0 Å². The molecule has 2 aromatic rings. The monoisotopic (exact) mass is 366 g/mol. The van der Waals surface area contributed by atoms with Crippen LogP contribution in [0.2, 0.25) is 0 Å². The van der Waals surface area contributed by atoms with Gasteiger partial charge in [-0.05, 0) is 44.1 Å². The smallest absolute Gasteiger partial charge is 0.222 e. The summed E-state index contributed by atoms with van der Waals surface area (Å²) in [5.74, 6) is 0.944. The van der Waals surface area contributed by atoms with Crippen molar-refractivity contribution in [1.29, 1.82) is 0 Å². The summed E-state index contributed by atoms with van der Waals surface area (Å²) in [6, 6.07) is 10.8. The number of rotatable bonds is 6. The van der Waals surface area contributed by atoms with Gasteiger partial charge in [0.2, 0.25) is 5.91 Å². The number of amides is 1. The molecule has 0 radical (unpaired) electrons. The number of carbonyl (C=O) groups is 1. The zero-order valence-corrected chi connectivity index (χ0v) is 16.2. The molecular weight excluding hydrogens is 336 g/mol. The highest BCUT2D eigenvalue weighted by Gasteiger charge is 2.36. The molecule has 1 aromatic carbocycles. The van der Waals surface area contributed by atoms with Crippen LogP contribution in [-0.2, 0) is 17.8 Å². The number of carbonyl (C=O) groups excluding carboxylic acids is 1. The van der Waals surface area contributed by atoms with Crippen molar-refractivity contribution in [2.75, 3.05) is 19.6 Å². The number of aryl methyl sites for hydroxylation is 2. The number of imidazole rings is 1. The molecule has 5 heteroatoms. The Morgan fingerprint density at radius 1 is 1.19 bits per heavy atom. The minimum absolute atomic E-state index is 0.346. The first kappa shape index (κ1) is 18.2. The highest BCUT2D eigenvalue weighted by Crippen LogP contribution is 2.29. The fourth-order valence-electron chi connectivity index (χ4n) is 4.60. The summed E-state index contributed by atoms with van der Waals surface area (Å²) >= 11 is 0. The van der Waals surface area contributed by atoms with Gasteiger partial charge >= 0.3 is 0 Å². The van der Waals surface area contributed by atoms with Gasteiger partial charge in [0.1, 0.15) is 0 Å². The molecule has 1 aromatic heterocycles. The SMILES string of the molecule is Cc1[nH]cnc1CN1C[C@H]2CC[C@@H](C1)N(C(=O)CCCc1ccccc1)C2. The van der Waals surface area contributed by atoms with Gasteiger partial charge in [-0.2, -0.15) is 0 Å². The molecule has 5 nitrogen and oxygen atoms in total. The van der Waals surface area contributed by atoms with Crippen molar-refractivity contribution in [2.45, 2.75) is 51.6 Å². The number of hydrogen-bond donors (Lipinski definition) is 1.